The lowest BCUT2D eigenvalue weighted by molar-refractivity contribution is 0.0697. The number of nitrogens with one attached hydrogen (secondary N) is 1. The van der Waals surface area contributed by atoms with E-state index in [1.165, 1.54) is 12.3 Å². The molecule has 0 unspecified atom stereocenters. The van der Waals surface area contributed by atoms with E-state index in [2.05, 4.69) is 26.2 Å². The van der Waals surface area contributed by atoms with E-state index in [9.17, 15) is 4.79 Å². The smallest absolute Gasteiger partial charge is 0.339 e. The van der Waals surface area contributed by atoms with Gasteiger partial charge in [0.15, 0.2) is 0 Å². The van der Waals surface area contributed by atoms with Crippen LogP contribution in [-0.4, -0.2) is 16.1 Å². The summed E-state index contributed by atoms with van der Waals surface area (Å²) in [7, 11) is 0. The number of pyridine rings is 1. The van der Waals surface area contributed by atoms with E-state index in [0.717, 1.165) is 10.0 Å². The van der Waals surface area contributed by atoms with Crippen molar-refractivity contribution in [2.45, 2.75) is 6.54 Å². The highest BCUT2D eigenvalue weighted by Gasteiger charge is 2.12. The fourth-order valence-electron chi connectivity index (χ4n) is 1.61. The van der Waals surface area contributed by atoms with Crippen LogP contribution in [0.15, 0.2) is 41.0 Å². The van der Waals surface area contributed by atoms with Crippen LogP contribution < -0.4 is 11.1 Å². The van der Waals surface area contributed by atoms with Crippen LogP contribution >= 0.6 is 15.9 Å². The minimum Gasteiger partial charge on any atom is -0.478 e. The zero-order valence-electron chi connectivity index (χ0n) is 9.93. The number of carboxylic acids is 1. The average Bonchev–Trinajstić information content (AvgIpc) is 2.38. The van der Waals surface area contributed by atoms with Gasteiger partial charge in [0.05, 0.1) is 11.9 Å². The third-order valence-electron chi connectivity index (χ3n) is 2.54. The molecule has 1 aromatic carbocycles. The van der Waals surface area contributed by atoms with E-state index in [1.54, 1.807) is 0 Å². The molecule has 0 fully saturated rings. The summed E-state index contributed by atoms with van der Waals surface area (Å²) in [5, 5.41) is 12.1. The fourth-order valence-corrected chi connectivity index (χ4v) is 2.03. The summed E-state index contributed by atoms with van der Waals surface area (Å²) in [6.07, 6.45) is 1.43. The average molecular weight is 322 g/mol. The van der Waals surface area contributed by atoms with Gasteiger partial charge < -0.3 is 16.2 Å². The van der Waals surface area contributed by atoms with Crippen molar-refractivity contribution < 1.29 is 9.90 Å². The predicted octanol–water partition coefficient (Wildman–Crippen LogP) is 2.74. The number of carbonyl (C=O) groups is 1. The van der Waals surface area contributed by atoms with Gasteiger partial charge in [-0.05, 0) is 17.7 Å². The standard InChI is InChI=1S/C13H12BrN3O2/c14-11-4-2-1-3-8(11)6-16-12-10(13(18)19)5-9(15)7-17-12/h1-5,7H,6,15H2,(H,16,17)(H,18,19). The lowest BCUT2D eigenvalue weighted by atomic mass is 10.2. The monoisotopic (exact) mass is 321 g/mol. The number of aromatic carboxylic acids is 1. The van der Waals surface area contributed by atoms with Gasteiger partial charge in [-0.15, -0.1) is 0 Å². The Labute approximate surface area is 118 Å². The normalized spacial score (nSPS) is 10.2. The maximum absolute atomic E-state index is 11.1. The van der Waals surface area contributed by atoms with Gasteiger partial charge in [0.2, 0.25) is 0 Å². The largest absolute Gasteiger partial charge is 0.478 e. The molecular weight excluding hydrogens is 310 g/mol. The Kier molecular flexibility index (Phi) is 4.01. The molecule has 0 saturated heterocycles. The quantitative estimate of drug-likeness (QED) is 0.805. The van der Waals surface area contributed by atoms with Crippen molar-refractivity contribution in [3.8, 4) is 0 Å². The second kappa shape index (κ2) is 5.71. The number of halogens is 1. The summed E-state index contributed by atoms with van der Waals surface area (Å²) in [6, 6.07) is 9.08. The maximum atomic E-state index is 11.1. The topological polar surface area (TPSA) is 88.2 Å². The Morgan fingerprint density at radius 3 is 2.84 bits per heavy atom. The minimum absolute atomic E-state index is 0.0621. The molecule has 0 aliphatic heterocycles. The number of rotatable bonds is 4. The summed E-state index contributed by atoms with van der Waals surface area (Å²) >= 11 is 3.43. The number of benzene rings is 1. The van der Waals surface area contributed by atoms with Crippen LogP contribution in [0.5, 0.6) is 0 Å². The molecule has 0 saturated carbocycles. The second-order valence-corrected chi connectivity index (χ2v) is 4.77. The summed E-state index contributed by atoms with van der Waals surface area (Å²) in [5.74, 6) is -0.758. The third kappa shape index (κ3) is 3.23. The molecule has 0 amide bonds. The Hall–Kier alpha value is -2.08. The number of nitrogens with zero attached hydrogens (tertiary/aromatic N) is 1. The molecule has 2 rings (SSSR count). The van der Waals surface area contributed by atoms with Crippen molar-refractivity contribution >= 4 is 33.4 Å². The fraction of sp³-hybridized carbons (Fsp3) is 0.0769. The zero-order chi connectivity index (χ0) is 13.8. The van der Waals surface area contributed by atoms with E-state index >= 15 is 0 Å². The van der Waals surface area contributed by atoms with Gasteiger partial charge in [0.1, 0.15) is 11.4 Å². The maximum Gasteiger partial charge on any atom is 0.339 e. The molecule has 4 N–H and O–H groups in total. The van der Waals surface area contributed by atoms with Gasteiger partial charge >= 0.3 is 5.97 Å². The summed E-state index contributed by atoms with van der Waals surface area (Å²) < 4.78 is 0.954. The van der Waals surface area contributed by atoms with Crippen LogP contribution in [0.3, 0.4) is 0 Å². The van der Waals surface area contributed by atoms with Gasteiger partial charge in [0, 0.05) is 11.0 Å². The Morgan fingerprint density at radius 2 is 2.16 bits per heavy atom. The van der Waals surface area contributed by atoms with Crippen molar-refractivity contribution in [3.63, 3.8) is 0 Å². The lowest BCUT2D eigenvalue weighted by Gasteiger charge is -2.10. The zero-order valence-corrected chi connectivity index (χ0v) is 11.5. The molecular formula is C13H12BrN3O2. The molecule has 0 atom stereocenters. The highest BCUT2D eigenvalue weighted by molar-refractivity contribution is 9.10. The molecule has 1 aromatic heterocycles. The first-order valence-electron chi connectivity index (χ1n) is 5.54. The van der Waals surface area contributed by atoms with Crippen molar-refractivity contribution in [1.82, 2.24) is 4.98 Å². The van der Waals surface area contributed by atoms with Crippen LogP contribution in [0, 0.1) is 0 Å². The van der Waals surface area contributed by atoms with Gasteiger partial charge in [-0.2, -0.15) is 0 Å². The molecule has 98 valence electrons. The summed E-state index contributed by atoms with van der Waals surface area (Å²) in [4.78, 5) is 15.1. The Bertz CT molecular complexity index is 617. The highest BCUT2D eigenvalue weighted by Crippen LogP contribution is 2.19. The number of nitrogens with two attached hydrogens (primary N) is 1. The summed E-state index contributed by atoms with van der Waals surface area (Å²) in [5.41, 5.74) is 6.93. The number of hydrogen-bond donors (Lipinski definition) is 3. The molecule has 0 radical (unpaired) electrons. The minimum atomic E-state index is -1.06. The predicted molar refractivity (Wildman–Crippen MR) is 77.1 cm³/mol. The molecule has 6 heteroatoms. The molecule has 19 heavy (non-hydrogen) atoms. The van der Waals surface area contributed by atoms with Crippen LogP contribution in [0.25, 0.3) is 0 Å². The van der Waals surface area contributed by atoms with Crippen molar-refractivity contribution in [2.24, 2.45) is 0 Å². The third-order valence-corrected chi connectivity index (χ3v) is 3.32. The number of hydrogen-bond acceptors (Lipinski definition) is 4. The number of anilines is 2. The molecule has 0 aliphatic carbocycles. The molecule has 0 bridgehead atoms. The van der Waals surface area contributed by atoms with Crippen molar-refractivity contribution in [2.75, 3.05) is 11.1 Å². The molecule has 2 aromatic rings. The first-order valence-corrected chi connectivity index (χ1v) is 6.33. The SMILES string of the molecule is Nc1cnc(NCc2ccccc2Br)c(C(=O)O)c1. The lowest BCUT2D eigenvalue weighted by Crippen LogP contribution is -2.09. The molecule has 0 aliphatic rings. The van der Waals surface area contributed by atoms with Gasteiger partial charge in [-0.1, -0.05) is 34.1 Å². The van der Waals surface area contributed by atoms with Crippen LogP contribution in [0.4, 0.5) is 11.5 Å². The number of aromatic nitrogens is 1. The molecule has 0 spiro atoms. The molecule has 1 heterocycles. The van der Waals surface area contributed by atoms with E-state index < -0.39 is 5.97 Å². The van der Waals surface area contributed by atoms with Gasteiger partial charge in [-0.3, -0.25) is 0 Å². The first kappa shape index (κ1) is 13.4. The van der Waals surface area contributed by atoms with E-state index in [-0.39, 0.29) is 5.56 Å². The van der Waals surface area contributed by atoms with Crippen LogP contribution in [0.1, 0.15) is 15.9 Å². The highest BCUT2D eigenvalue weighted by atomic mass is 79.9. The van der Waals surface area contributed by atoms with E-state index in [4.69, 9.17) is 10.8 Å². The Morgan fingerprint density at radius 1 is 1.42 bits per heavy atom. The molecule has 5 nitrogen and oxygen atoms in total. The summed E-state index contributed by atoms with van der Waals surface area (Å²) in [6.45, 7) is 0.471. The van der Waals surface area contributed by atoms with Crippen molar-refractivity contribution in [1.29, 1.82) is 0 Å². The second-order valence-electron chi connectivity index (χ2n) is 3.91. The van der Waals surface area contributed by atoms with Gasteiger partial charge in [-0.25, -0.2) is 9.78 Å². The van der Waals surface area contributed by atoms with Gasteiger partial charge in [0.25, 0.3) is 0 Å². The van der Waals surface area contributed by atoms with E-state index in [1.807, 2.05) is 24.3 Å². The number of nitrogen functional groups attached to an aromatic ring is 1. The van der Waals surface area contributed by atoms with E-state index in [0.29, 0.717) is 18.1 Å². The Balaban J connectivity index is 2.20. The van der Waals surface area contributed by atoms with Crippen LogP contribution in [0.2, 0.25) is 0 Å². The first-order chi connectivity index (χ1) is 9.08. The number of carboxylic acid groups (broad SMARTS) is 1. The van der Waals surface area contributed by atoms with Crippen LogP contribution in [-0.2, 0) is 6.54 Å². The van der Waals surface area contributed by atoms with Crippen molar-refractivity contribution in [3.05, 3.63) is 52.1 Å².